The lowest BCUT2D eigenvalue weighted by Crippen LogP contribution is -2.16. The average molecular weight is 267 g/mol. The molecule has 92 valence electrons. The van der Waals surface area contributed by atoms with Crippen molar-refractivity contribution in [2.24, 2.45) is 0 Å². The molecule has 0 radical (unpaired) electrons. The van der Waals surface area contributed by atoms with E-state index < -0.39 is 11.9 Å². The number of nitrogens with zero attached hydrogens (tertiary/aromatic N) is 3. The number of carbonyl (C=O) groups excluding carboxylic acids is 1. The van der Waals surface area contributed by atoms with Gasteiger partial charge in [0.05, 0.1) is 0 Å². The molecule has 0 fully saturated rings. The second-order valence-corrected chi connectivity index (χ2v) is 3.84. The summed E-state index contributed by atoms with van der Waals surface area (Å²) >= 11 is 5.73. The van der Waals surface area contributed by atoms with Gasteiger partial charge >= 0.3 is 0 Å². The number of carbonyl (C=O) groups is 1. The first-order valence-electron chi connectivity index (χ1n) is 5.00. The largest absolute Gasteiger partial charge is 0.289 e. The van der Waals surface area contributed by atoms with Gasteiger partial charge in [0.15, 0.2) is 0 Å². The minimum Gasteiger partial charge on any atom is -0.289 e. The van der Waals surface area contributed by atoms with Crippen molar-refractivity contribution >= 4 is 23.5 Å². The molecule has 1 N–H and O–H groups in total. The SMILES string of the molecule is Cc1cc(Cl)nc(NC(=O)c2cccc(F)n2)n1. The van der Waals surface area contributed by atoms with E-state index in [1.807, 2.05) is 0 Å². The van der Waals surface area contributed by atoms with E-state index in [1.165, 1.54) is 12.1 Å². The normalized spacial score (nSPS) is 10.2. The average Bonchev–Trinajstić information content (AvgIpc) is 2.27. The van der Waals surface area contributed by atoms with Gasteiger partial charge in [0.1, 0.15) is 10.8 Å². The summed E-state index contributed by atoms with van der Waals surface area (Å²) in [6.45, 7) is 1.71. The van der Waals surface area contributed by atoms with E-state index in [4.69, 9.17) is 11.6 Å². The van der Waals surface area contributed by atoms with E-state index >= 15 is 0 Å². The molecule has 0 atom stereocenters. The van der Waals surface area contributed by atoms with Crippen LogP contribution in [0.4, 0.5) is 10.3 Å². The summed E-state index contributed by atoms with van der Waals surface area (Å²) in [7, 11) is 0. The van der Waals surface area contributed by atoms with Gasteiger partial charge in [0, 0.05) is 5.69 Å². The van der Waals surface area contributed by atoms with E-state index in [2.05, 4.69) is 20.3 Å². The highest BCUT2D eigenvalue weighted by Gasteiger charge is 2.10. The number of aromatic nitrogens is 3. The molecular weight excluding hydrogens is 259 g/mol. The van der Waals surface area contributed by atoms with Crippen LogP contribution in [0.2, 0.25) is 5.15 Å². The van der Waals surface area contributed by atoms with E-state index in [-0.39, 0.29) is 16.8 Å². The highest BCUT2D eigenvalue weighted by Crippen LogP contribution is 2.10. The summed E-state index contributed by atoms with van der Waals surface area (Å²) in [5.41, 5.74) is 0.550. The Kier molecular flexibility index (Phi) is 3.47. The van der Waals surface area contributed by atoms with Crippen molar-refractivity contribution in [2.45, 2.75) is 6.92 Å². The summed E-state index contributed by atoms with van der Waals surface area (Å²) in [5.74, 6) is -1.28. The fourth-order valence-electron chi connectivity index (χ4n) is 1.29. The van der Waals surface area contributed by atoms with Crippen molar-refractivity contribution in [3.63, 3.8) is 0 Å². The molecular formula is C11H8ClFN4O. The van der Waals surface area contributed by atoms with Gasteiger partial charge in [-0.25, -0.2) is 15.0 Å². The standard InChI is InChI=1S/C11H8ClFN4O/c1-6-5-8(12)16-11(14-6)17-10(18)7-3-2-4-9(13)15-7/h2-5H,1H3,(H,14,16,17,18). The van der Waals surface area contributed by atoms with Gasteiger partial charge in [-0.05, 0) is 25.1 Å². The first-order valence-corrected chi connectivity index (χ1v) is 5.37. The van der Waals surface area contributed by atoms with Crippen molar-refractivity contribution in [3.8, 4) is 0 Å². The molecule has 0 aliphatic heterocycles. The number of rotatable bonds is 2. The van der Waals surface area contributed by atoms with Crippen molar-refractivity contribution in [3.05, 3.63) is 46.8 Å². The Hall–Kier alpha value is -2.08. The lowest BCUT2D eigenvalue weighted by Gasteiger charge is -2.04. The molecule has 0 aliphatic carbocycles. The molecule has 0 aromatic carbocycles. The molecule has 7 heteroatoms. The Labute approximate surface area is 107 Å². The van der Waals surface area contributed by atoms with Crippen LogP contribution in [-0.2, 0) is 0 Å². The zero-order chi connectivity index (χ0) is 13.1. The maximum Gasteiger partial charge on any atom is 0.276 e. The second-order valence-electron chi connectivity index (χ2n) is 3.46. The predicted molar refractivity (Wildman–Crippen MR) is 63.9 cm³/mol. The Morgan fingerprint density at radius 2 is 2.11 bits per heavy atom. The molecule has 5 nitrogen and oxygen atoms in total. The number of hydrogen-bond donors (Lipinski definition) is 1. The van der Waals surface area contributed by atoms with Gasteiger partial charge < -0.3 is 0 Å². The fourth-order valence-corrected chi connectivity index (χ4v) is 1.52. The van der Waals surface area contributed by atoms with Crippen LogP contribution in [-0.4, -0.2) is 20.9 Å². The number of nitrogens with one attached hydrogen (secondary N) is 1. The first kappa shape index (κ1) is 12.4. The van der Waals surface area contributed by atoms with Crippen LogP contribution in [0.5, 0.6) is 0 Å². The maximum atomic E-state index is 12.9. The summed E-state index contributed by atoms with van der Waals surface area (Å²) in [6.07, 6.45) is 0. The predicted octanol–water partition coefficient (Wildman–Crippen LogP) is 2.22. The lowest BCUT2D eigenvalue weighted by molar-refractivity contribution is 0.102. The van der Waals surface area contributed by atoms with Gasteiger partial charge in [0.2, 0.25) is 11.9 Å². The van der Waals surface area contributed by atoms with Gasteiger partial charge in [-0.2, -0.15) is 4.39 Å². The molecule has 0 aliphatic rings. The monoisotopic (exact) mass is 266 g/mol. The third-order valence-corrected chi connectivity index (χ3v) is 2.19. The minimum atomic E-state index is -0.731. The van der Waals surface area contributed by atoms with Crippen LogP contribution in [0.15, 0.2) is 24.3 Å². The number of hydrogen-bond acceptors (Lipinski definition) is 4. The molecule has 0 unspecified atom stereocenters. The molecule has 0 saturated heterocycles. The smallest absolute Gasteiger partial charge is 0.276 e. The highest BCUT2D eigenvalue weighted by atomic mass is 35.5. The maximum absolute atomic E-state index is 12.9. The summed E-state index contributed by atoms with van der Waals surface area (Å²) in [4.78, 5) is 23.0. The number of halogens is 2. The Morgan fingerprint density at radius 3 is 2.78 bits per heavy atom. The van der Waals surface area contributed by atoms with Crippen molar-refractivity contribution in [1.82, 2.24) is 15.0 Å². The molecule has 2 heterocycles. The Bertz CT molecular complexity index is 585. The third-order valence-electron chi connectivity index (χ3n) is 2.00. The molecule has 0 bridgehead atoms. The quantitative estimate of drug-likeness (QED) is 0.668. The van der Waals surface area contributed by atoms with Crippen LogP contribution in [0.1, 0.15) is 16.2 Å². The Balaban J connectivity index is 2.21. The zero-order valence-corrected chi connectivity index (χ0v) is 10.1. The van der Waals surface area contributed by atoms with Crippen molar-refractivity contribution in [2.75, 3.05) is 5.32 Å². The summed E-state index contributed by atoms with van der Waals surface area (Å²) in [5, 5.41) is 2.61. The number of aryl methyl sites for hydroxylation is 1. The summed E-state index contributed by atoms with van der Waals surface area (Å²) < 4.78 is 12.9. The van der Waals surface area contributed by atoms with Crippen molar-refractivity contribution in [1.29, 1.82) is 0 Å². The molecule has 18 heavy (non-hydrogen) atoms. The molecule has 2 rings (SSSR count). The van der Waals surface area contributed by atoms with Gasteiger partial charge in [-0.15, -0.1) is 0 Å². The van der Waals surface area contributed by atoms with Crippen molar-refractivity contribution < 1.29 is 9.18 Å². The van der Waals surface area contributed by atoms with Crippen LogP contribution >= 0.6 is 11.6 Å². The van der Waals surface area contributed by atoms with Crippen LogP contribution in [0.25, 0.3) is 0 Å². The molecule has 0 saturated carbocycles. The number of amides is 1. The fraction of sp³-hybridized carbons (Fsp3) is 0.0909. The van der Waals surface area contributed by atoms with E-state index in [1.54, 1.807) is 13.0 Å². The van der Waals surface area contributed by atoms with E-state index in [0.717, 1.165) is 6.07 Å². The first-order chi connectivity index (χ1) is 8.54. The van der Waals surface area contributed by atoms with Gasteiger partial charge in [-0.3, -0.25) is 10.1 Å². The van der Waals surface area contributed by atoms with Gasteiger partial charge in [0.25, 0.3) is 5.91 Å². The number of anilines is 1. The molecule has 2 aromatic rings. The van der Waals surface area contributed by atoms with E-state index in [9.17, 15) is 9.18 Å². The van der Waals surface area contributed by atoms with Crippen LogP contribution < -0.4 is 5.32 Å². The molecule has 1 amide bonds. The van der Waals surface area contributed by atoms with Gasteiger partial charge in [-0.1, -0.05) is 17.7 Å². The molecule has 0 spiro atoms. The highest BCUT2D eigenvalue weighted by molar-refractivity contribution is 6.29. The van der Waals surface area contributed by atoms with E-state index in [0.29, 0.717) is 5.69 Å². The zero-order valence-electron chi connectivity index (χ0n) is 9.32. The number of pyridine rings is 1. The van der Waals surface area contributed by atoms with Crippen LogP contribution in [0.3, 0.4) is 0 Å². The summed E-state index contributed by atoms with van der Waals surface area (Å²) in [6, 6.07) is 5.48. The second kappa shape index (κ2) is 5.05. The molecule has 2 aromatic heterocycles. The topological polar surface area (TPSA) is 67.8 Å². The lowest BCUT2D eigenvalue weighted by atomic mass is 10.3. The minimum absolute atomic E-state index is 0.0519. The Morgan fingerprint density at radius 1 is 1.33 bits per heavy atom. The van der Waals surface area contributed by atoms with Crippen LogP contribution in [0, 0.1) is 12.9 Å². The third kappa shape index (κ3) is 2.98.